The largest absolute Gasteiger partial charge is 0.384 e. The van der Waals surface area contributed by atoms with Gasteiger partial charge in [-0.25, -0.2) is 14.8 Å². The van der Waals surface area contributed by atoms with Crippen molar-refractivity contribution in [1.29, 1.82) is 0 Å². The molecule has 268 valence electrons. The maximum Gasteiger partial charge on any atom is 0.320 e. The van der Waals surface area contributed by atoms with Crippen molar-refractivity contribution >= 4 is 29.5 Å². The quantitative estimate of drug-likeness (QED) is 0.206. The number of rotatable bonds is 10. The van der Waals surface area contributed by atoms with E-state index >= 15 is 0 Å². The number of urea groups is 1. The number of nitrogen functional groups attached to an aromatic ring is 1. The van der Waals surface area contributed by atoms with Gasteiger partial charge >= 0.3 is 6.03 Å². The molecule has 0 aliphatic carbocycles. The molecule has 2 aliphatic heterocycles. The number of piperazine rings is 2. The summed E-state index contributed by atoms with van der Waals surface area (Å²) in [5.41, 5.74) is 9.30. The maximum absolute atomic E-state index is 12.7. The van der Waals surface area contributed by atoms with E-state index in [1.807, 2.05) is 21.9 Å². The molecule has 4 N–H and O–H groups in total. The van der Waals surface area contributed by atoms with Crippen LogP contribution in [0.3, 0.4) is 0 Å². The molecule has 4 amide bonds. The number of hydrogen-bond acceptors (Lipinski definition) is 8. The highest BCUT2D eigenvalue weighted by atomic mass is 16.2. The number of benzene rings is 2. The average Bonchev–Trinajstić information content (AvgIpc) is 3.17. The summed E-state index contributed by atoms with van der Waals surface area (Å²) in [6.45, 7) is 10.9. The molecular weight excluding hydrogens is 642 g/mol. The van der Waals surface area contributed by atoms with E-state index in [9.17, 15) is 14.4 Å². The van der Waals surface area contributed by atoms with Gasteiger partial charge in [-0.15, -0.1) is 0 Å². The van der Waals surface area contributed by atoms with Crippen molar-refractivity contribution in [2.45, 2.75) is 32.9 Å². The molecule has 0 spiro atoms. The van der Waals surface area contributed by atoms with E-state index < -0.39 is 0 Å². The number of unbranched alkanes of at least 4 members (excludes halogenated alkanes) is 1. The third kappa shape index (κ3) is 11.6. The Morgan fingerprint density at radius 2 is 1.14 bits per heavy atom. The highest BCUT2D eigenvalue weighted by molar-refractivity contribution is 5.95. The number of nitrogens with one attached hydrogen (secondary N) is 2. The van der Waals surface area contributed by atoms with E-state index in [0.717, 1.165) is 65.2 Å². The van der Waals surface area contributed by atoms with Crippen LogP contribution in [0, 0.1) is 0 Å². The van der Waals surface area contributed by atoms with Crippen molar-refractivity contribution < 1.29 is 14.4 Å². The van der Waals surface area contributed by atoms with Crippen molar-refractivity contribution in [3.63, 3.8) is 0 Å². The average molecular weight is 692 g/mol. The van der Waals surface area contributed by atoms with Crippen LogP contribution < -0.4 is 16.4 Å². The third-order valence-corrected chi connectivity index (χ3v) is 8.92. The van der Waals surface area contributed by atoms with Crippen LogP contribution in [0.5, 0.6) is 0 Å². The Morgan fingerprint density at radius 3 is 1.57 bits per heavy atom. The van der Waals surface area contributed by atoms with Crippen LogP contribution in [0.25, 0.3) is 0 Å². The second-order valence-electron chi connectivity index (χ2n) is 12.7. The first-order valence-corrected chi connectivity index (χ1v) is 17.7. The molecule has 12 nitrogen and oxygen atoms in total. The lowest BCUT2D eigenvalue weighted by molar-refractivity contribution is 0.0621. The van der Waals surface area contributed by atoms with Gasteiger partial charge in [-0.3, -0.25) is 24.7 Å². The highest BCUT2D eigenvalue weighted by Gasteiger charge is 2.23. The lowest BCUT2D eigenvalue weighted by Crippen LogP contribution is -2.48. The number of carbonyl (C=O) groups is 3. The summed E-state index contributed by atoms with van der Waals surface area (Å²) in [5.74, 6) is 0.884. The minimum absolute atomic E-state index is 0.0178. The van der Waals surface area contributed by atoms with Gasteiger partial charge in [0, 0.05) is 84.4 Å². The van der Waals surface area contributed by atoms with Crippen LogP contribution >= 0.6 is 0 Å². The summed E-state index contributed by atoms with van der Waals surface area (Å²) in [5, 5.41) is 5.46. The molecule has 2 aromatic carbocycles. The third-order valence-electron chi connectivity index (χ3n) is 8.92. The summed E-state index contributed by atoms with van der Waals surface area (Å²) in [6, 6.07) is 27.3. The molecule has 4 aromatic rings. The van der Waals surface area contributed by atoms with Gasteiger partial charge in [0.15, 0.2) is 0 Å². The fourth-order valence-electron chi connectivity index (χ4n) is 5.93. The molecule has 2 fully saturated rings. The Kier molecular flexibility index (Phi) is 13.9. The number of aromatic nitrogens is 2. The summed E-state index contributed by atoms with van der Waals surface area (Å²) in [7, 11) is 0. The molecule has 2 aliphatic rings. The van der Waals surface area contributed by atoms with Crippen LogP contribution in [-0.2, 0) is 13.1 Å². The fraction of sp³-hybridized carbons (Fsp3) is 0.359. The number of nitrogens with zero attached hydrogens (tertiary/aromatic N) is 6. The van der Waals surface area contributed by atoms with Crippen molar-refractivity contribution in [3.8, 4) is 0 Å². The summed E-state index contributed by atoms with van der Waals surface area (Å²) >= 11 is 0. The second kappa shape index (κ2) is 19.2. The van der Waals surface area contributed by atoms with Crippen LogP contribution in [0.2, 0.25) is 0 Å². The normalized spacial score (nSPS) is 15.0. The first-order valence-electron chi connectivity index (χ1n) is 17.7. The zero-order valence-corrected chi connectivity index (χ0v) is 29.4. The molecular formula is C39H49N9O3. The van der Waals surface area contributed by atoms with Crippen molar-refractivity contribution in [1.82, 2.24) is 34.9 Å². The summed E-state index contributed by atoms with van der Waals surface area (Å²) in [6.07, 6.45) is 5.04. The molecule has 0 atom stereocenters. The first kappa shape index (κ1) is 36.9. The van der Waals surface area contributed by atoms with E-state index in [1.165, 1.54) is 17.3 Å². The minimum atomic E-state index is -0.278. The fourth-order valence-corrected chi connectivity index (χ4v) is 5.93. The number of pyridine rings is 2. The van der Waals surface area contributed by atoms with Crippen LogP contribution in [-0.4, -0.2) is 106 Å². The molecule has 6 rings (SSSR count). The van der Waals surface area contributed by atoms with Gasteiger partial charge < -0.3 is 20.9 Å². The topological polar surface area (TPSA) is 140 Å². The molecule has 0 saturated carbocycles. The predicted octanol–water partition coefficient (Wildman–Crippen LogP) is 4.58. The Labute approximate surface area is 300 Å². The van der Waals surface area contributed by atoms with E-state index in [4.69, 9.17) is 5.73 Å². The van der Waals surface area contributed by atoms with E-state index in [-0.39, 0.29) is 17.8 Å². The number of nitrogens with two attached hydrogens (primary N) is 1. The monoisotopic (exact) mass is 691 g/mol. The Hall–Kier alpha value is -5.33. The number of hydrogen-bond donors (Lipinski definition) is 3. The van der Waals surface area contributed by atoms with E-state index in [2.05, 4.69) is 85.9 Å². The molecule has 0 bridgehead atoms. The Morgan fingerprint density at radius 1 is 0.647 bits per heavy atom. The van der Waals surface area contributed by atoms with Crippen molar-refractivity contribution in [2.24, 2.45) is 0 Å². The Bertz CT molecular complexity index is 1660. The predicted molar refractivity (Wildman–Crippen MR) is 200 cm³/mol. The number of anilines is 2. The molecule has 0 unspecified atom stereocenters. The van der Waals surface area contributed by atoms with Gasteiger partial charge in [0.2, 0.25) is 0 Å². The number of carbonyl (C=O) groups excluding carboxylic acids is 3. The van der Waals surface area contributed by atoms with Gasteiger partial charge in [-0.2, -0.15) is 0 Å². The van der Waals surface area contributed by atoms with Gasteiger partial charge in [0.05, 0.1) is 11.1 Å². The molecule has 4 heterocycles. The van der Waals surface area contributed by atoms with Crippen LogP contribution in [0.15, 0.2) is 97.3 Å². The zero-order chi connectivity index (χ0) is 35.8. The molecule has 12 heteroatoms. The molecule has 2 saturated heterocycles. The van der Waals surface area contributed by atoms with Gasteiger partial charge in [-0.1, -0.05) is 74.0 Å². The first-order chi connectivity index (χ1) is 24.9. The standard InChI is InChI=1S/C22H29N5O2.C17H20N4O/c1-2-3-11-23-22(29)25-20-10-9-19(16-24-20)21(28)27-14-12-26(13-15-27)17-18-7-5-4-6-8-18;18-16-7-6-15(12-19-16)17(22)21-10-8-20(9-11-21)13-14-4-2-1-3-5-14/h4-10,16H,2-3,11-15,17H2,1H3,(H2,23,24,25,29);1-7,12H,8-11,13H2,(H2,18,19). The van der Waals surface area contributed by atoms with Gasteiger partial charge in [0.25, 0.3) is 11.8 Å². The van der Waals surface area contributed by atoms with Crippen LogP contribution in [0.4, 0.5) is 16.4 Å². The lowest BCUT2D eigenvalue weighted by atomic mass is 10.2. The zero-order valence-electron chi connectivity index (χ0n) is 29.4. The number of amides is 4. The minimum Gasteiger partial charge on any atom is -0.384 e. The van der Waals surface area contributed by atoms with Gasteiger partial charge in [0.1, 0.15) is 11.6 Å². The molecule has 2 aromatic heterocycles. The van der Waals surface area contributed by atoms with Crippen molar-refractivity contribution in [2.75, 3.05) is 70.0 Å². The summed E-state index contributed by atoms with van der Waals surface area (Å²) in [4.78, 5) is 53.6. The molecule has 51 heavy (non-hydrogen) atoms. The smallest absolute Gasteiger partial charge is 0.320 e. The van der Waals surface area contributed by atoms with Crippen LogP contribution in [0.1, 0.15) is 51.6 Å². The summed E-state index contributed by atoms with van der Waals surface area (Å²) < 4.78 is 0. The lowest BCUT2D eigenvalue weighted by Gasteiger charge is -2.34. The second-order valence-corrected chi connectivity index (χ2v) is 12.7. The maximum atomic E-state index is 12.7. The highest BCUT2D eigenvalue weighted by Crippen LogP contribution is 2.14. The van der Waals surface area contributed by atoms with E-state index in [0.29, 0.717) is 42.4 Å². The van der Waals surface area contributed by atoms with Crippen molar-refractivity contribution in [3.05, 3.63) is 120 Å². The SMILES string of the molecule is CCCCNC(=O)Nc1ccc(C(=O)N2CCN(Cc3ccccc3)CC2)cn1.Nc1ccc(C(=O)N2CCN(Cc3ccccc3)CC2)cn1. The van der Waals surface area contributed by atoms with E-state index in [1.54, 1.807) is 30.5 Å². The van der Waals surface area contributed by atoms with Gasteiger partial charge in [-0.05, 0) is 41.8 Å². The molecule has 0 radical (unpaired) electrons. The Balaban J connectivity index is 0.000000205.